The van der Waals surface area contributed by atoms with Crippen LogP contribution in [0, 0.1) is 0 Å². The summed E-state index contributed by atoms with van der Waals surface area (Å²) in [4.78, 5) is 2.76. The van der Waals surface area contributed by atoms with Gasteiger partial charge in [0, 0.05) is 31.5 Å². The molecule has 0 aromatic carbocycles. The van der Waals surface area contributed by atoms with Gasteiger partial charge in [-0.1, -0.05) is 13.3 Å². The maximum Gasteiger partial charge on any atom is 0.168 e. The van der Waals surface area contributed by atoms with Crippen molar-refractivity contribution in [3.8, 4) is 0 Å². The van der Waals surface area contributed by atoms with Crippen LogP contribution in [0.1, 0.15) is 58.3 Å². The summed E-state index contributed by atoms with van der Waals surface area (Å²) in [5.74, 6) is -0.210. The van der Waals surface area contributed by atoms with Gasteiger partial charge in [-0.2, -0.15) is 0 Å². The van der Waals surface area contributed by atoms with Gasteiger partial charge in [-0.3, -0.25) is 4.90 Å². The smallest absolute Gasteiger partial charge is 0.168 e. The van der Waals surface area contributed by atoms with Crippen LogP contribution >= 0.6 is 0 Å². The van der Waals surface area contributed by atoms with E-state index in [4.69, 9.17) is 9.47 Å². The summed E-state index contributed by atoms with van der Waals surface area (Å²) in [6, 6.07) is 1.45. The number of hydrogen-bond acceptors (Lipinski definition) is 4. The molecule has 0 bridgehead atoms. The Kier molecular flexibility index (Phi) is 5.54. The van der Waals surface area contributed by atoms with Crippen LogP contribution < -0.4 is 5.32 Å². The summed E-state index contributed by atoms with van der Waals surface area (Å²) in [5, 5.41) is 3.66. The largest absolute Gasteiger partial charge is 0.348 e. The first kappa shape index (κ1) is 15.7. The summed E-state index contributed by atoms with van der Waals surface area (Å²) in [7, 11) is 0. The molecule has 0 radical (unpaired) electrons. The minimum Gasteiger partial charge on any atom is -0.348 e. The second-order valence-electron chi connectivity index (χ2n) is 6.98. The topological polar surface area (TPSA) is 33.7 Å². The average Bonchev–Trinajstić information content (AvgIpc) is 3.17. The van der Waals surface area contributed by atoms with Gasteiger partial charge in [-0.15, -0.1) is 0 Å². The van der Waals surface area contributed by atoms with Crippen molar-refractivity contribution in [2.75, 3.05) is 32.8 Å². The molecule has 3 rings (SSSR count). The molecule has 4 nitrogen and oxygen atoms in total. The molecule has 1 unspecified atom stereocenters. The zero-order valence-electron chi connectivity index (χ0n) is 13.6. The van der Waals surface area contributed by atoms with E-state index in [9.17, 15) is 0 Å². The van der Waals surface area contributed by atoms with E-state index in [-0.39, 0.29) is 5.79 Å². The van der Waals surface area contributed by atoms with Crippen LogP contribution in [0.4, 0.5) is 0 Å². The van der Waals surface area contributed by atoms with Gasteiger partial charge >= 0.3 is 0 Å². The third kappa shape index (κ3) is 3.98. The summed E-state index contributed by atoms with van der Waals surface area (Å²) in [6.07, 6.45) is 9.94. The van der Waals surface area contributed by atoms with Crippen molar-refractivity contribution < 1.29 is 9.47 Å². The molecule has 1 saturated carbocycles. The molecule has 21 heavy (non-hydrogen) atoms. The van der Waals surface area contributed by atoms with Gasteiger partial charge in [0.05, 0.1) is 13.2 Å². The third-order valence-electron chi connectivity index (χ3n) is 5.46. The predicted octanol–water partition coefficient (Wildman–Crippen LogP) is 2.53. The molecule has 0 amide bonds. The SMILES string of the molecule is CCCCN(CC1CCCN1)C1CCC2(CC1)OCCO2. The van der Waals surface area contributed by atoms with Gasteiger partial charge in [0.15, 0.2) is 5.79 Å². The molecule has 3 aliphatic rings. The second-order valence-corrected chi connectivity index (χ2v) is 6.98. The summed E-state index contributed by atoms with van der Waals surface area (Å²) < 4.78 is 11.7. The maximum atomic E-state index is 5.87. The maximum absolute atomic E-state index is 5.87. The number of nitrogens with one attached hydrogen (secondary N) is 1. The van der Waals surface area contributed by atoms with Crippen molar-refractivity contribution in [3.63, 3.8) is 0 Å². The Bertz CT molecular complexity index is 302. The Morgan fingerprint density at radius 2 is 1.90 bits per heavy atom. The molecule has 1 N–H and O–H groups in total. The van der Waals surface area contributed by atoms with Gasteiger partial charge in [-0.25, -0.2) is 0 Å². The molecule has 3 fully saturated rings. The van der Waals surface area contributed by atoms with Crippen LogP contribution in [0.3, 0.4) is 0 Å². The molecular formula is C17H32N2O2. The third-order valence-corrected chi connectivity index (χ3v) is 5.46. The fourth-order valence-corrected chi connectivity index (χ4v) is 4.17. The minimum atomic E-state index is -0.210. The highest BCUT2D eigenvalue weighted by Crippen LogP contribution is 2.37. The van der Waals surface area contributed by atoms with Crippen LogP contribution in [0.25, 0.3) is 0 Å². The highest BCUT2D eigenvalue weighted by molar-refractivity contribution is 4.89. The van der Waals surface area contributed by atoms with Crippen molar-refractivity contribution in [3.05, 3.63) is 0 Å². The fourth-order valence-electron chi connectivity index (χ4n) is 4.17. The van der Waals surface area contributed by atoms with E-state index < -0.39 is 0 Å². The van der Waals surface area contributed by atoms with Crippen LogP contribution in [0.15, 0.2) is 0 Å². The van der Waals surface area contributed by atoms with Gasteiger partial charge < -0.3 is 14.8 Å². The van der Waals surface area contributed by atoms with E-state index in [1.807, 2.05) is 0 Å². The van der Waals surface area contributed by atoms with Crippen molar-refractivity contribution in [2.24, 2.45) is 0 Å². The number of rotatable bonds is 6. The van der Waals surface area contributed by atoms with E-state index >= 15 is 0 Å². The first-order valence-corrected chi connectivity index (χ1v) is 9.07. The molecule has 0 aromatic heterocycles. The normalized spacial score (nSPS) is 29.7. The highest BCUT2D eigenvalue weighted by atomic mass is 16.7. The molecule has 1 spiro atoms. The van der Waals surface area contributed by atoms with E-state index in [0.29, 0.717) is 0 Å². The number of hydrogen-bond donors (Lipinski definition) is 1. The number of unbranched alkanes of at least 4 members (excludes halogenated alkanes) is 1. The summed E-state index contributed by atoms with van der Waals surface area (Å²) in [5.41, 5.74) is 0. The first-order valence-electron chi connectivity index (χ1n) is 9.07. The zero-order valence-corrected chi connectivity index (χ0v) is 13.6. The lowest BCUT2D eigenvalue weighted by Gasteiger charge is -2.41. The molecule has 4 heteroatoms. The zero-order chi connectivity index (χ0) is 14.5. The first-order chi connectivity index (χ1) is 10.3. The molecule has 1 aliphatic carbocycles. The van der Waals surface area contributed by atoms with Crippen molar-refractivity contribution >= 4 is 0 Å². The van der Waals surface area contributed by atoms with Gasteiger partial charge in [0.25, 0.3) is 0 Å². The second kappa shape index (κ2) is 7.40. The van der Waals surface area contributed by atoms with Crippen molar-refractivity contribution in [1.82, 2.24) is 10.2 Å². The Balaban J connectivity index is 1.52. The summed E-state index contributed by atoms with van der Waals surface area (Å²) in [6.45, 7) is 7.57. The minimum absolute atomic E-state index is 0.210. The molecule has 2 saturated heterocycles. The molecule has 1 atom stereocenters. The van der Waals surface area contributed by atoms with Gasteiger partial charge in [-0.05, 0) is 45.2 Å². The van der Waals surface area contributed by atoms with Crippen LogP contribution in [-0.4, -0.2) is 55.6 Å². The monoisotopic (exact) mass is 296 g/mol. The highest BCUT2D eigenvalue weighted by Gasteiger charge is 2.41. The number of nitrogens with zero attached hydrogens (tertiary/aromatic N) is 1. The van der Waals surface area contributed by atoms with Crippen LogP contribution in [0.2, 0.25) is 0 Å². The van der Waals surface area contributed by atoms with E-state index in [2.05, 4.69) is 17.1 Å². The van der Waals surface area contributed by atoms with Gasteiger partial charge in [0.2, 0.25) is 0 Å². The fraction of sp³-hybridized carbons (Fsp3) is 1.00. The molecule has 2 aliphatic heterocycles. The van der Waals surface area contributed by atoms with Crippen molar-refractivity contribution in [1.29, 1.82) is 0 Å². The van der Waals surface area contributed by atoms with E-state index in [1.54, 1.807) is 0 Å². The molecule has 0 aromatic rings. The van der Waals surface area contributed by atoms with Crippen LogP contribution in [0.5, 0.6) is 0 Å². The lowest BCUT2D eigenvalue weighted by atomic mass is 9.88. The standard InChI is InChI=1S/C17H32N2O2/c1-2-3-11-19(14-15-5-4-10-18-15)16-6-8-17(9-7-16)20-12-13-21-17/h15-16,18H,2-14H2,1H3. The lowest BCUT2D eigenvalue weighted by molar-refractivity contribution is -0.184. The molecule has 2 heterocycles. The van der Waals surface area contributed by atoms with Crippen molar-refractivity contribution in [2.45, 2.75) is 76.2 Å². The predicted molar refractivity (Wildman–Crippen MR) is 84.4 cm³/mol. The molecule has 122 valence electrons. The quantitative estimate of drug-likeness (QED) is 0.816. The van der Waals surface area contributed by atoms with E-state index in [1.165, 1.54) is 58.2 Å². The number of ether oxygens (including phenoxy) is 2. The van der Waals surface area contributed by atoms with Gasteiger partial charge in [0.1, 0.15) is 0 Å². The van der Waals surface area contributed by atoms with E-state index in [0.717, 1.165) is 38.1 Å². The Morgan fingerprint density at radius 3 is 2.52 bits per heavy atom. The summed E-state index contributed by atoms with van der Waals surface area (Å²) >= 11 is 0. The van der Waals surface area contributed by atoms with Crippen LogP contribution in [-0.2, 0) is 9.47 Å². The molecular weight excluding hydrogens is 264 g/mol. The lowest BCUT2D eigenvalue weighted by Crippen LogP contribution is -2.48. The Labute approximate surface area is 129 Å². The Hall–Kier alpha value is -0.160. The Morgan fingerprint density at radius 1 is 1.14 bits per heavy atom. The average molecular weight is 296 g/mol.